The van der Waals surface area contributed by atoms with E-state index in [0.717, 1.165) is 9.71 Å². The number of rotatable bonds is 1. The van der Waals surface area contributed by atoms with Gasteiger partial charge in [0.05, 0.1) is 20.1 Å². The van der Waals surface area contributed by atoms with E-state index in [2.05, 4.69) is 4.98 Å². The van der Waals surface area contributed by atoms with Crippen LogP contribution in [0.15, 0.2) is 23.1 Å². The molecular weight excluding hydrogens is 258 g/mol. The van der Waals surface area contributed by atoms with E-state index in [1.807, 2.05) is 6.92 Å². The molecule has 15 heavy (non-hydrogen) atoms. The molecule has 0 bridgehead atoms. The number of benzene rings is 1. The van der Waals surface area contributed by atoms with E-state index in [-0.39, 0.29) is 17.3 Å². The maximum atomic E-state index is 10.8. The minimum Gasteiger partial charge on any atom is -0.282 e. The molecule has 0 aliphatic carbocycles. The Morgan fingerprint density at radius 1 is 1.40 bits per heavy atom. The summed E-state index contributed by atoms with van der Waals surface area (Å²) in [6.07, 6.45) is 0. The average molecular weight is 266 g/mol. The van der Waals surface area contributed by atoms with Gasteiger partial charge in [-0.3, -0.25) is 4.55 Å². The fourth-order valence-electron chi connectivity index (χ4n) is 1.18. The van der Waals surface area contributed by atoms with Crippen molar-refractivity contribution in [1.82, 2.24) is 4.98 Å². The number of hydrogen-bond donors (Lipinski definition) is 1. The van der Waals surface area contributed by atoms with E-state index >= 15 is 0 Å². The molecular formula is C8H8ClNO3S2. The van der Waals surface area contributed by atoms with Gasteiger partial charge < -0.3 is 0 Å². The predicted octanol–water partition coefficient (Wildman–Crippen LogP) is 2.27. The summed E-state index contributed by atoms with van der Waals surface area (Å²) in [4.78, 5) is 4.01. The molecule has 4 nitrogen and oxygen atoms in total. The summed E-state index contributed by atoms with van der Waals surface area (Å²) >= 11 is 1.48. The molecule has 0 unspecified atom stereocenters. The number of thiazole rings is 1. The lowest BCUT2D eigenvalue weighted by molar-refractivity contribution is 0.483. The lowest BCUT2D eigenvalue weighted by Crippen LogP contribution is -1.96. The van der Waals surface area contributed by atoms with Gasteiger partial charge in [-0.05, 0) is 25.1 Å². The molecule has 0 radical (unpaired) electrons. The summed E-state index contributed by atoms with van der Waals surface area (Å²) in [5.74, 6) is 0. The monoisotopic (exact) mass is 265 g/mol. The Morgan fingerprint density at radius 2 is 2.07 bits per heavy atom. The van der Waals surface area contributed by atoms with Gasteiger partial charge in [-0.1, -0.05) is 0 Å². The maximum absolute atomic E-state index is 10.8. The smallest absolute Gasteiger partial charge is 0.282 e. The Labute approximate surface area is 97.1 Å². The fraction of sp³-hybridized carbons (Fsp3) is 0.125. The van der Waals surface area contributed by atoms with Crippen molar-refractivity contribution in [2.24, 2.45) is 0 Å². The highest BCUT2D eigenvalue weighted by Gasteiger charge is 2.11. The first-order chi connectivity index (χ1) is 6.47. The van der Waals surface area contributed by atoms with Crippen molar-refractivity contribution in [2.75, 3.05) is 0 Å². The minimum absolute atomic E-state index is 0. The number of hydrogen-bond acceptors (Lipinski definition) is 4. The Bertz CT molecular complexity index is 591. The van der Waals surface area contributed by atoms with Crippen LogP contribution in [0.2, 0.25) is 0 Å². The van der Waals surface area contributed by atoms with Gasteiger partial charge >= 0.3 is 0 Å². The Balaban J connectivity index is 0.00000112. The highest BCUT2D eigenvalue weighted by atomic mass is 35.5. The molecule has 1 aromatic heterocycles. The normalized spacial score (nSPS) is 11.3. The largest absolute Gasteiger partial charge is 0.294 e. The van der Waals surface area contributed by atoms with Crippen molar-refractivity contribution in [2.45, 2.75) is 11.8 Å². The van der Waals surface area contributed by atoms with Crippen LogP contribution in [0, 0.1) is 6.92 Å². The Morgan fingerprint density at radius 3 is 2.67 bits per heavy atom. The van der Waals surface area contributed by atoms with Crippen molar-refractivity contribution in [3.63, 3.8) is 0 Å². The average Bonchev–Trinajstić information content (AvgIpc) is 2.41. The van der Waals surface area contributed by atoms with Crippen molar-refractivity contribution < 1.29 is 13.0 Å². The van der Waals surface area contributed by atoms with Crippen LogP contribution < -0.4 is 0 Å². The summed E-state index contributed by atoms with van der Waals surface area (Å²) in [6, 6.07) is 4.38. The van der Waals surface area contributed by atoms with E-state index in [9.17, 15) is 8.42 Å². The van der Waals surface area contributed by atoms with Crippen LogP contribution in [0.5, 0.6) is 0 Å². The lowest BCUT2D eigenvalue weighted by atomic mass is 10.3. The van der Waals surface area contributed by atoms with Crippen LogP contribution in [0.4, 0.5) is 0 Å². The van der Waals surface area contributed by atoms with Gasteiger partial charge in [-0.2, -0.15) is 8.42 Å². The highest BCUT2D eigenvalue weighted by molar-refractivity contribution is 7.85. The number of nitrogens with zero attached hydrogens (tertiary/aromatic N) is 1. The molecule has 7 heteroatoms. The van der Waals surface area contributed by atoms with Crippen LogP contribution in [-0.4, -0.2) is 18.0 Å². The SMILES string of the molecule is Cc1nc2cc(S(=O)(=O)O)ccc2s1.Cl. The number of aryl methyl sites for hydroxylation is 1. The molecule has 1 N–H and O–H groups in total. The molecule has 0 atom stereocenters. The van der Waals surface area contributed by atoms with Gasteiger partial charge in [-0.15, -0.1) is 23.7 Å². The topological polar surface area (TPSA) is 67.3 Å². The summed E-state index contributed by atoms with van der Waals surface area (Å²) in [6.45, 7) is 1.85. The van der Waals surface area contributed by atoms with Gasteiger partial charge in [0, 0.05) is 0 Å². The van der Waals surface area contributed by atoms with Crippen molar-refractivity contribution >= 4 is 44.1 Å². The van der Waals surface area contributed by atoms with Crippen LogP contribution in [0.1, 0.15) is 5.01 Å². The summed E-state index contributed by atoms with van der Waals surface area (Å²) in [7, 11) is -4.12. The molecule has 0 aliphatic heterocycles. The zero-order chi connectivity index (χ0) is 10.3. The first-order valence-corrected chi connectivity index (χ1v) is 6.07. The number of fused-ring (bicyclic) bond motifs is 1. The third-order valence-electron chi connectivity index (χ3n) is 1.76. The second-order valence-corrected chi connectivity index (χ2v) is 5.49. The van der Waals surface area contributed by atoms with Gasteiger partial charge in [0.2, 0.25) is 0 Å². The number of halogens is 1. The standard InChI is InChI=1S/C8H7NO3S2.ClH/c1-5-9-7-4-6(14(10,11)12)2-3-8(7)13-5;/h2-4H,1H3,(H,10,11,12);1H. The van der Waals surface area contributed by atoms with E-state index < -0.39 is 10.1 Å². The van der Waals surface area contributed by atoms with E-state index in [0.29, 0.717) is 5.52 Å². The van der Waals surface area contributed by atoms with Crippen LogP contribution in [0.3, 0.4) is 0 Å². The molecule has 82 valence electrons. The highest BCUT2D eigenvalue weighted by Crippen LogP contribution is 2.23. The Kier molecular flexibility index (Phi) is 3.34. The van der Waals surface area contributed by atoms with Crippen molar-refractivity contribution in [1.29, 1.82) is 0 Å². The van der Waals surface area contributed by atoms with Crippen molar-refractivity contribution in [3.8, 4) is 0 Å². The summed E-state index contributed by atoms with van der Waals surface area (Å²) < 4.78 is 31.3. The third-order valence-corrected chi connectivity index (χ3v) is 3.57. The van der Waals surface area contributed by atoms with E-state index in [4.69, 9.17) is 4.55 Å². The molecule has 2 aromatic rings. The molecule has 1 heterocycles. The quantitative estimate of drug-likeness (QED) is 0.803. The molecule has 0 aliphatic rings. The van der Waals surface area contributed by atoms with Gasteiger partial charge in [-0.25, -0.2) is 4.98 Å². The van der Waals surface area contributed by atoms with E-state index in [1.165, 1.54) is 23.5 Å². The van der Waals surface area contributed by atoms with Crippen LogP contribution in [0.25, 0.3) is 10.2 Å². The zero-order valence-electron chi connectivity index (χ0n) is 7.67. The van der Waals surface area contributed by atoms with Crippen molar-refractivity contribution in [3.05, 3.63) is 23.2 Å². The second kappa shape index (κ2) is 4.05. The minimum atomic E-state index is -4.12. The molecule has 0 saturated carbocycles. The number of aromatic nitrogens is 1. The van der Waals surface area contributed by atoms with Crippen LogP contribution >= 0.6 is 23.7 Å². The van der Waals surface area contributed by atoms with Crippen LogP contribution in [-0.2, 0) is 10.1 Å². The van der Waals surface area contributed by atoms with E-state index in [1.54, 1.807) is 6.07 Å². The molecule has 0 amide bonds. The third kappa shape index (κ3) is 2.46. The first kappa shape index (κ1) is 12.4. The van der Waals surface area contributed by atoms with Gasteiger partial charge in [0.1, 0.15) is 0 Å². The fourth-order valence-corrected chi connectivity index (χ4v) is 2.49. The van der Waals surface area contributed by atoms with Gasteiger partial charge in [0.25, 0.3) is 10.1 Å². The first-order valence-electron chi connectivity index (χ1n) is 3.81. The second-order valence-electron chi connectivity index (χ2n) is 2.84. The predicted molar refractivity (Wildman–Crippen MR) is 61.4 cm³/mol. The van der Waals surface area contributed by atoms with Gasteiger partial charge in [0.15, 0.2) is 0 Å². The molecule has 1 aromatic carbocycles. The maximum Gasteiger partial charge on any atom is 0.294 e. The molecule has 0 spiro atoms. The molecule has 0 fully saturated rings. The summed E-state index contributed by atoms with van der Waals surface area (Å²) in [5, 5.41) is 0.868. The lowest BCUT2D eigenvalue weighted by Gasteiger charge is -1.94. The Hall–Kier alpha value is -0.690. The summed E-state index contributed by atoms with van der Waals surface area (Å²) in [5.41, 5.74) is 0.600. The zero-order valence-corrected chi connectivity index (χ0v) is 10.1. The molecule has 2 rings (SSSR count). The molecule has 0 saturated heterocycles.